The number of hydrogen-bond donors (Lipinski definition) is 3. The lowest BCUT2D eigenvalue weighted by atomic mass is 10.2. The van der Waals surface area contributed by atoms with Crippen molar-refractivity contribution < 1.29 is 29.6 Å². The summed E-state index contributed by atoms with van der Waals surface area (Å²) in [7, 11) is 0. The minimum atomic E-state index is -2.18. The average Bonchev–Trinajstić information content (AvgIpc) is 2.02. The van der Waals surface area contributed by atoms with Crippen LogP contribution in [0.5, 0.6) is 0 Å². The number of aliphatic hydroxyl groups is 2. The summed E-state index contributed by atoms with van der Waals surface area (Å²) in [5, 5.41) is 25.5. The molecule has 0 amide bonds. The summed E-state index contributed by atoms with van der Waals surface area (Å²) in [5.74, 6) is -2.97. The van der Waals surface area contributed by atoms with Crippen molar-refractivity contribution >= 4 is 11.9 Å². The van der Waals surface area contributed by atoms with Crippen molar-refractivity contribution in [3.05, 3.63) is 12.8 Å². The Hall–Kier alpha value is -1.40. The van der Waals surface area contributed by atoms with E-state index in [4.69, 9.17) is 15.3 Å². The normalized spacial score (nSPS) is 14.5. The fraction of sp³-hybridized carbons (Fsp3) is 0.333. The van der Waals surface area contributed by atoms with E-state index in [1.165, 1.54) is 0 Å². The molecule has 0 bridgehead atoms. The van der Waals surface area contributed by atoms with Gasteiger partial charge in [0.05, 0.1) is 6.26 Å². The first-order valence-corrected chi connectivity index (χ1v) is 2.91. The van der Waals surface area contributed by atoms with Crippen LogP contribution in [0.1, 0.15) is 0 Å². The van der Waals surface area contributed by atoms with Gasteiger partial charge in [0.1, 0.15) is 0 Å². The lowest BCUT2D eigenvalue weighted by Crippen LogP contribution is -2.40. The number of rotatable bonds is 4. The van der Waals surface area contributed by atoms with E-state index in [0.717, 1.165) is 6.26 Å². The van der Waals surface area contributed by atoms with Gasteiger partial charge in [-0.15, -0.1) is 0 Å². The van der Waals surface area contributed by atoms with Gasteiger partial charge in [-0.05, 0) is 0 Å². The smallest absolute Gasteiger partial charge is 0.343 e. The summed E-state index contributed by atoms with van der Waals surface area (Å²) in [4.78, 5) is 20.5. The maximum atomic E-state index is 10.5. The quantitative estimate of drug-likeness (QED) is 0.355. The van der Waals surface area contributed by atoms with Crippen molar-refractivity contribution in [2.75, 3.05) is 0 Å². The van der Waals surface area contributed by atoms with Crippen LogP contribution in [0.25, 0.3) is 0 Å². The fourth-order valence-corrected chi connectivity index (χ4v) is 0.416. The van der Waals surface area contributed by atoms with E-state index in [2.05, 4.69) is 11.3 Å². The van der Waals surface area contributed by atoms with Gasteiger partial charge >= 0.3 is 11.9 Å². The third kappa shape index (κ3) is 2.69. The van der Waals surface area contributed by atoms with Gasteiger partial charge in [-0.1, -0.05) is 6.58 Å². The number of carboxylic acids is 1. The number of aliphatic hydroxyl groups excluding tert-OH is 2. The largest absolute Gasteiger partial charge is 0.479 e. The molecule has 0 saturated carbocycles. The van der Waals surface area contributed by atoms with Gasteiger partial charge in [0.15, 0.2) is 12.2 Å². The molecule has 0 aliphatic rings. The van der Waals surface area contributed by atoms with Crippen LogP contribution >= 0.6 is 0 Å². The summed E-state index contributed by atoms with van der Waals surface area (Å²) >= 11 is 0. The molecule has 12 heavy (non-hydrogen) atoms. The molecule has 0 saturated heterocycles. The monoisotopic (exact) mass is 176 g/mol. The van der Waals surface area contributed by atoms with Crippen molar-refractivity contribution in [1.82, 2.24) is 0 Å². The Bertz CT molecular complexity index is 198. The molecule has 0 rings (SSSR count). The molecule has 0 aromatic carbocycles. The third-order valence-electron chi connectivity index (χ3n) is 0.993. The molecule has 0 aliphatic carbocycles. The fourth-order valence-electron chi connectivity index (χ4n) is 0.416. The first-order chi connectivity index (χ1) is 5.50. The van der Waals surface area contributed by atoms with Gasteiger partial charge in [-0.25, -0.2) is 9.59 Å². The number of carboxylic acid groups (broad SMARTS) is 1. The minimum Gasteiger partial charge on any atom is -0.479 e. The van der Waals surface area contributed by atoms with Crippen molar-refractivity contribution in [3.8, 4) is 0 Å². The lowest BCUT2D eigenvalue weighted by molar-refractivity contribution is -0.166. The highest BCUT2D eigenvalue weighted by atomic mass is 16.5. The lowest BCUT2D eigenvalue weighted by Gasteiger charge is -2.10. The molecule has 2 unspecified atom stereocenters. The number of esters is 1. The van der Waals surface area contributed by atoms with Crippen molar-refractivity contribution in [1.29, 1.82) is 0 Å². The van der Waals surface area contributed by atoms with Gasteiger partial charge < -0.3 is 20.1 Å². The summed E-state index contributed by atoms with van der Waals surface area (Å²) in [5.41, 5.74) is 0. The average molecular weight is 176 g/mol. The van der Waals surface area contributed by atoms with Crippen LogP contribution in [0, 0.1) is 0 Å². The molecule has 6 heteroatoms. The first kappa shape index (κ1) is 10.6. The van der Waals surface area contributed by atoms with Crippen LogP contribution < -0.4 is 0 Å². The second kappa shape index (κ2) is 4.47. The van der Waals surface area contributed by atoms with Crippen molar-refractivity contribution in [2.45, 2.75) is 12.2 Å². The van der Waals surface area contributed by atoms with E-state index in [-0.39, 0.29) is 0 Å². The summed E-state index contributed by atoms with van der Waals surface area (Å²) in [6, 6.07) is 0. The standard InChI is InChI=1S/C6H8O6/c1-2-12-6(11)4(8)3(7)5(9)10/h2-4,7-8H,1H2,(H,9,10). The Morgan fingerprint density at radius 2 is 1.83 bits per heavy atom. The van der Waals surface area contributed by atoms with Crippen LogP contribution in [0.4, 0.5) is 0 Å². The molecule has 0 aromatic heterocycles. The van der Waals surface area contributed by atoms with Gasteiger partial charge in [0.2, 0.25) is 0 Å². The van der Waals surface area contributed by atoms with Crippen LogP contribution in [-0.4, -0.2) is 39.5 Å². The van der Waals surface area contributed by atoms with Crippen molar-refractivity contribution in [3.63, 3.8) is 0 Å². The van der Waals surface area contributed by atoms with Crippen LogP contribution in [0.3, 0.4) is 0 Å². The zero-order valence-corrected chi connectivity index (χ0v) is 6.01. The second-order valence-corrected chi connectivity index (χ2v) is 1.83. The van der Waals surface area contributed by atoms with Crippen molar-refractivity contribution in [2.24, 2.45) is 0 Å². The van der Waals surface area contributed by atoms with Crippen LogP contribution in [0.15, 0.2) is 12.8 Å². The summed E-state index contributed by atoms with van der Waals surface area (Å²) in [6.07, 6.45) is -3.56. The Labute approximate surface area is 67.7 Å². The number of aliphatic carboxylic acids is 1. The molecule has 0 fully saturated rings. The van der Waals surface area contributed by atoms with E-state index in [1.807, 2.05) is 0 Å². The number of ether oxygens (including phenoxy) is 1. The topological polar surface area (TPSA) is 104 Å². The highest BCUT2D eigenvalue weighted by Gasteiger charge is 2.30. The van der Waals surface area contributed by atoms with E-state index >= 15 is 0 Å². The maximum absolute atomic E-state index is 10.5. The molecule has 0 heterocycles. The van der Waals surface area contributed by atoms with E-state index in [1.54, 1.807) is 0 Å². The Morgan fingerprint density at radius 3 is 2.17 bits per heavy atom. The predicted molar refractivity (Wildman–Crippen MR) is 35.9 cm³/mol. The van der Waals surface area contributed by atoms with E-state index in [0.29, 0.717) is 0 Å². The van der Waals surface area contributed by atoms with E-state index < -0.39 is 24.1 Å². The maximum Gasteiger partial charge on any atom is 0.343 e. The Kier molecular flexibility index (Phi) is 3.95. The molecular weight excluding hydrogens is 168 g/mol. The molecular formula is C6H8O6. The van der Waals surface area contributed by atoms with E-state index in [9.17, 15) is 9.59 Å². The predicted octanol–water partition coefficient (Wildman–Crippen LogP) is -1.52. The first-order valence-electron chi connectivity index (χ1n) is 2.91. The minimum absolute atomic E-state index is 0.722. The summed E-state index contributed by atoms with van der Waals surface area (Å²) < 4.78 is 4.03. The Morgan fingerprint density at radius 1 is 1.33 bits per heavy atom. The zero-order valence-electron chi connectivity index (χ0n) is 6.01. The SMILES string of the molecule is C=COC(=O)C(O)C(O)C(=O)O. The highest BCUT2D eigenvalue weighted by Crippen LogP contribution is 1.96. The third-order valence-corrected chi connectivity index (χ3v) is 0.993. The zero-order chi connectivity index (χ0) is 9.72. The molecule has 0 aliphatic heterocycles. The molecule has 2 atom stereocenters. The Balaban J connectivity index is 4.17. The van der Waals surface area contributed by atoms with Gasteiger partial charge in [0, 0.05) is 0 Å². The molecule has 6 nitrogen and oxygen atoms in total. The summed E-state index contributed by atoms with van der Waals surface area (Å²) in [6.45, 7) is 3.00. The second-order valence-electron chi connectivity index (χ2n) is 1.83. The van der Waals surface area contributed by atoms with Gasteiger partial charge in [0.25, 0.3) is 0 Å². The van der Waals surface area contributed by atoms with Gasteiger partial charge in [-0.3, -0.25) is 0 Å². The molecule has 0 spiro atoms. The molecule has 0 radical (unpaired) electrons. The molecule has 3 N–H and O–H groups in total. The number of carbonyl (C=O) groups is 2. The van der Waals surface area contributed by atoms with Gasteiger partial charge in [-0.2, -0.15) is 0 Å². The number of carbonyl (C=O) groups excluding carboxylic acids is 1. The molecule has 0 aromatic rings. The number of hydrogen-bond acceptors (Lipinski definition) is 5. The van der Waals surface area contributed by atoms with Crippen LogP contribution in [-0.2, 0) is 14.3 Å². The highest BCUT2D eigenvalue weighted by molar-refractivity contribution is 5.84. The van der Waals surface area contributed by atoms with Crippen LogP contribution in [0.2, 0.25) is 0 Å². The molecule has 68 valence electrons.